The molecule has 1 unspecified atom stereocenters. The average molecular weight is 341 g/mol. The summed E-state index contributed by atoms with van der Waals surface area (Å²) in [5, 5.41) is 0.412. The highest BCUT2D eigenvalue weighted by molar-refractivity contribution is 7.89. The molecule has 5 nitrogen and oxygen atoms in total. The molecule has 0 aliphatic rings. The molecule has 0 bridgehead atoms. The highest BCUT2D eigenvalue weighted by atomic mass is 35.5. The minimum Gasteiger partial charge on any atom is -0.385 e. The molecule has 0 saturated heterocycles. The molecule has 0 fully saturated rings. The second kappa shape index (κ2) is 7.59. The van der Waals surface area contributed by atoms with E-state index in [-0.39, 0.29) is 22.5 Å². The van der Waals surface area contributed by atoms with E-state index in [4.69, 9.17) is 33.7 Å². The van der Waals surface area contributed by atoms with E-state index in [2.05, 4.69) is 4.72 Å². The molecule has 1 aromatic rings. The van der Waals surface area contributed by atoms with E-state index in [0.717, 1.165) is 0 Å². The van der Waals surface area contributed by atoms with Crippen molar-refractivity contribution in [3.63, 3.8) is 0 Å². The third kappa shape index (κ3) is 4.31. The molecular formula is C12H18Cl2N2O3S. The van der Waals surface area contributed by atoms with Gasteiger partial charge >= 0.3 is 0 Å². The number of sulfonamides is 1. The molecule has 0 amide bonds. The van der Waals surface area contributed by atoms with Crippen molar-refractivity contribution in [1.82, 2.24) is 4.72 Å². The first-order valence-electron chi connectivity index (χ1n) is 6.01. The van der Waals surface area contributed by atoms with Gasteiger partial charge < -0.3 is 10.5 Å². The van der Waals surface area contributed by atoms with E-state index >= 15 is 0 Å². The van der Waals surface area contributed by atoms with Crippen LogP contribution in [-0.4, -0.2) is 28.2 Å². The molecule has 0 aliphatic heterocycles. The third-order valence-electron chi connectivity index (χ3n) is 2.76. The molecule has 0 spiro atoms. The van der Waals surface area contributed by atoms with E-state index in [1.807, 2.05) is 0 Å². The lowest BCUT2D eigenvalue weighted by atomic mass is 10.2. The maximum absolute atomic E-state index is 12.3. The highest BCUT2D eigenvalue weighted by Gasteiger charge is 2.22. The Labute approximate surface area is 129 Å². The first-order chi connectivity index (χ1) is 9.33. The van der Waals surface area contributed by atoms with Gasteiger partial charge in [-0.25, -0.2) is 13.1 Å². The van der Waals surface area contributed by atoms with Gasteiger partial charge in [0.25, 0.3) is 0 Å². The molecule has 0 heterocycles. The fourth-order valence-electron chi connectivity index (χ4n) is 1.65. The summed E-state index contributed by atoms with van der Waals surface area (Å²) >= 11 is 12.0. The summed E-state index contributed by atoms with van der Waals surface area (Å²) < 4.78 is 32.0. The zero-order valence-electron chi connectivity index (χ0n) is 11.3. The lowest BCUT2D eigenvalue weighted by Gasteiger charge is -2.16. The van der Waals surface area contributed by atoms with Crippen molar-refractivity contribution < 1.29 is 13.2 Å². The third-order valence-corrected chi connectivity index (χ3v) is 5.29. The topological polar surface area (TPSA) is 81.4 Å². The molecule has 0 saturated carbocycles. The summed E-state index contributed by atoms with van der Waals surface area (Å²) in [4.78, 5) is -0.0201. The molecule has 1 atom stereocenters. The van der Waals surface area contributed by atoms with Gasteiger partial charge in [0.1, 0.15) is 4.90 Å². The Kier molecular flexibility index (Phi) is 6.71. The fraction of sp³-hybridized carbons (Fsp3) is 0.500. The first kappa shape index (κ1) is 17.7. The van der Waals surface area contributed by atoms with Crippen LogP contribution in [0.5, 0.6) is 0 Å². The summed E-state index contributed by atoms with van der Waals surface area (Å²) in [6, 6.07) is 2.58. The van der Waals surface area contributed by atoms with Crippen LogP contribution in [0, 0.1) is 0 Å². The molecule has 1 aromatic carbocycles. The van der Waals surface area contributed by atoms with Gasteiger partial charge in [-0.05, 0) is 25.5 Å². The van der Waals surface area contributed by atoms with Crippen LogP contribution in [0.4, 0.5) is 0 Å². The van der Waals surface area contributed by atoms with Crippen molar-refractivity contribution in [3.05, 3.63) is 27.7 Å². The Balaban J connectivity index is 3.04. The fourth-order valence-corrected chi connectivity index (χ4v) is 3.86. The Morgan fingerprint density at radius 3 is 2.60 bits per heavy atom. The highest BCUT2D eigenvalue weighted by Crippen LogP contribution is 2.30. The van der Waals surface area contributed by atoms with Crippen molar-refractivity contribution in [1.29, 1.82) is 0 Å². The van der Waals surface area contributed by atoms with Gasteiger partial charge in [-0.3, -0.25) is 0 Å². The summed E-state index contributed by atoms with van der Waals surface area (Å²) in [6.45, 7) is 2.29. The van der Waals surface area contributed by atoms with Crippen LogP contribution in [0.15, 0.2) is 17.0 Å². The van der Waals surface area contributed by atoms with Gasteiger partial charge in [-0.1, -0.05) is 23.2 Å². The summed E-state index contributed by atoms with van der Waals surface area (Å²) in [5.74, 6) is 0. The van der Waals surface area contributed by atoms with Crippen molar-refractivity contribution in [2.24, 2.45) is 5.73 Å². The number of benzene rings is 1. The van der Waals surface area contributed by atoms with Crippen molar-refractivity contribution >= 4 is 33.2 Å². The number of hydrogen-bond donors (Lipinski definition) is 2. The van der Waals surface area contributed by atoms with E-state index in [9.17, 15) is 8.42 Å². The second-order valence-electron chi connectivity index (χ2n) is 4.35. The quantitative estimate of drug-likeness (QED) is 0.796. The van der Waals surface area contributed by atoms with Crippen molar-refractivity contribution in [3.8, 4) is 0 Å². The molecule has 20 heavy (non-hydrogen) atoms. The molecule has 0 radical (unpaired) electrons. The molecule has 1 rings (SSSR count). The van der Waals surface area contributed by atoms with Gasteiger partial charge in [0, 0.05) is 36.9 Å². The number of rotatable bonds is 7. The maximum atomic E-state index is 12.3. The van der Waals surface area contributed by atoms with Crippen LogP contribution in [0.1, 0.15) is 18.9 Å². The average Bonchev–Trinajstić information content (AvgIpc) is 2.36. The Bertz CT molecular complexity index is 564. The summed E-state index contributed by atoms with van der Waals surface area (Å²) in [7, 11) is -2.16. The number of ether oxygens (including phenoxy) is 1. The van der Waals surface area contributed by atoms with Gasteiger partial charge in [-0.2, -0.15) is 0 Å². The van der Waals surface area contributed by atoms with Crippen molar-refractivity contribution in [2.75, 3.05) is 13.7 Å². The van der Waals surface area contributed by atoms with Crippen LogP contribution in [0.3, 0.4) is 0 Å². The van der Waals surface area contributed by atoms with E-state index in [1.54, 1.807) is 14.0 Å². The van der Waals surface area contributed by atoms with Gasteiger partial charge in [0.15, 0.2) is 0 Å². The maximum Gasteiger partial charge on any atom is 0.242 e. The molecule has 3 N–H and O–H groups in total. The van der Waals surface area contributed by atoms with Crippen LogP contribution in [0.25, 0.3) is 0 Å². The zero-order valence-corrected chi connectivity index (χ0v) is 13.6. The number of halogens is 2. The Morgan fingerprint density at radius 1 is 1.40 bits per heavy atom. The van der Waals surface area contributed by atoms with Crippen molar-refractivity contribution in [2.45, 2.75) is 30.8 Å². The van der Waals surface area contributed by atoms with Gasteiger partial charge in [0.2, 0.25) is 10.0 Å². The SMILES string of the molecule is COCCC(C)NS(=O)(=O)c1ccc(Cl)c(CN)c1Cl. The predicted octanol–water partition coefficient (Wildman–Crippen LogP) is 2.16. The van der Waals surface area contributed by atoms with Crippen LogP contribution < -0.4 is 10.5 Å². The zero-order chi connectivity index (χ0) is 15.3. The minimum atomic E-state index is -3.72. The first-order valence-corrected chi connectivity index (χ1v) is 8.25. The smallest absolute Gasteiger partial charge is 0.242 e. The molecule has 0 aromatic heterocycles. The van der Waals surface area contributed by atoms with E-state index < -0.39 is 10.0 Å². The number of hydrogen-bond acceptors (Lipinski definition) is 4. The standard InChI is InChI=1S/C12H18Cl2N2O3S/c1-8(5-6-19-2)16-20(17,18)11-4-3-10(13)9(7-15)12(11)14/h3-4,8,16H,5-7,15H2,1-2H3. The van der Waals surface area contributed by atoms with E-state index in [1.165, 1.54) is 12.1 Å². The molecular weight excluding hydrogens is 323 g/mol. The number of methoxy groups -OCH3 is 1. The lowest BCUT2D eigenvalue weighted by Crippen LogP contribution is -2.33. The predicted molar refractivity (Wildman–Crippen MR) is 80.6 cm³/mol. The van der Waals surface area contributed by atoms with E-state index in [0.29, 0.717) is 23.6 Å². The monoisotopic (exact) mass is 340 g/mol. The summed E-state index contributed by atoms with van der Waals surface area (Å²) in [5.41, 5.74) is 5.95. The number of nitrogens with one attached hydrogen (secondary N) is 1. The van der Waals surface area contributed by atoms with Crippen LogP contribution >= 0.6 is 23.2 Å². The van der Waals surface area contributed by atoms with Gasteiger partial charge in [-0.15, -0.1) is 0 Å². The number of nitrogens with two attached hydrogens (primary N) is 1. The normalized spacial score (nSPS) is 13.4. The van der Waals surface area contributed by atoms with Gasteiger partial charge in [0.05, 0.1) is 5.02 Å². The molecule has 114 valence electrons. The Morgan fingerprint density at radius 2 is 2.05 bits per heavy atom. The lowest BCUT2D eigenvalue weighted by molar-refractivity contribution is 0.188. The van der Waals surface area contributed by atoms with Crippen LogP contribution in [-0.2, 0) is 21.3 Å². The molecule has 8 heteroatoms. The minimum absolute atomic E-state index is 0.0201. The molecule has 0 aliphatic carbocycles. The summed E-state index contributed by atoms with van der Waals surface area (Å²) in [6.07, 6.45) is 0.560. The van der Waals surface area contributed by atoms with Crippen LogP contribution in [0.2, 0.25) is 10.0 Å². The Hall–Kier alpha value is -0.370. The largest absolute Gasteiger partial charge is 0.385 e. The second-order valence-corrected chi connectivity index (χ2v) is 6.81.